The topological polar surface area (TPSA) is 26.4 Å². The smallest absolute Gasteiger partial charge is 0.493 e. The van der Waals surface area contributed by atoms with Crippen LogP contribution in [0.15, 0.2) is 52.8 Å². The van der Waals surface area contributed by atoms with Crippen molar-refractivity contribution in [1.82, 2.24) is 4.48 Å². The molecule has 3 heterocycles. The molecule has 9 heteroatoms. The Bertz CT molecular complexity index is 1030. The van der Waals surface area contributed by atoms with Gasteiger partial charge in [-0.3, -0.25) is 0 Å². The van der Waals surface area contributed by atoms with E-state index in [1.807, 2.05) is 12.1 Å². The van der Waals surface area contributed by atoms with Crippen molar-refractivity contribution in [2.75, 3.05) is 14.2 Å². The van der Waals surface area contributed by atoms with Crippen molar-refractivity contribution in [2.24, 2.45) is 0 Å². The summed E-state index contributed by atoms with van der Waals surface area (Å²) in [5.74, 6) is 1.03. The van der Waals surface area contributed by atoms with Crippen molar-refractivity contribution in [2.45, 2.75) is 0 Å². The zero-order valence-corrected chi connectivity index (χ0v) is 17.0. The first-order chi connectivity index (χ1) is 12.4. The van der Waals surface area contributed by atoms with E-state index in [1.165, 1.54) is 7.11 Å². The van der Waals surface area contributed by atoms with Crippen molar-refractivity contribution in [3.8, 4) is 11.5 Å². The van der Waals surface area contributed by atoms with Crippen molar-refractivity contribution in [1.29, 1.82) is 0 Å². The average Bonchev–Trinajstić information content (AvgIpc) is 3.19. The van der Waals surface area contributed by atoms with Crippen LogP contribution in [0.4, 0.5) is 8.63 Å². The van der Waals surface area contributed by atoms with Crippen LogP contribution in [0.2, 0.25) is 0 Å². The Morgan fingerprint density at radius 1 is 1.04 bits per heavy atom. The molecule has 4 rings (SSSR count). The third kappa shape index (κ3) is 2.26. The van der Waals surface area contributed by atoms with Gasteiger partial charge in [0.15, 0.2) is 17.2 Å². The first-order valence-electron chi connectivity index (χ1n) is 7.77. The first-order valence-corrected chi connectivity index (χ1v) is 9.35. The molecule has 0 saturated heterocycles. The Labute approximate surface area is 165 Å². The first kappa shape index (κ1) is 17.5. The standard InChI is InChI=1S/C17H13BBr2F2N2O2/c1-25-13-5-3-4-10(17(13)26-2)16-11-6-8-14(19)23(11)18(21,22)24-12(16)7-9-15(24)20/h3-9H,1-2H3. The fourth-order valence-corrected chi connectivity index (χ4v) is 4.63. The van der Waals surface area contributed by atoms with Gasteiger partial charge in [-0.25, -0.2) is 0 Å². The van der Waals surface area contributed by atoms with Gasteiger partial charge in [-0.1, -0.05) is 12.1 Å². The number of aromatic nitrogens is 1. The molecule has 2 aliphatic rings. The van der Waals surface area contributed by atoms with E-state index >= 15 is 8.63 Å². The number of halogens is 4. The van der Waals surface area contributed by atoms with E-state index in [9.17, 15) is 0 Å². The largest absolute Gasteiger partial charge is 0.738 e. The Kier molecular flexibility index (Phi) is 4.11. The van der Waals surface area contributed by atoms with Gasteiger partial charge >= 0.3 is 6.97 Å². The molecule has 2 aliphatic heterocycles. The highest BCUT2D eigenvalue weighted by Crippen LogP contribution is 2.46. The van der Waals surface area contributed by atoms with Crippen molar-refractivity contribution >= 4 is 49.0 Å². The van der Waals surface area contributed by atoms with E-state index in [1.54, 1.807) is 37.5 Å². The van der Waals surface area contributed by atoms with Gasteiger partial charge in [0.1, 0.15) is 0 Å². The van der Waals surface area contributed by atoms with E-state index < -0.39 is 6.97 Å². The lowest BCUT2D eigenvalue weighted by molar-refractivity contribution is -0.358. The van der Waals surface area contributed by atoms with Gasteiger partial charge in [0.05, 0.1) is 24.4 Å². The summed E-state index contributed by atoms with van der Waals surface area (Å²) in [6.07, 6.45) is 3.30. The maximum absolute atomic E-state index is 15.3. The maximum Gasteiger partial charge on any atom is 0.738 e. The SMILES string of the molecule is COc1cccc(C2=C3C=CC(Br)=[N+]3[B-](F)(F)n3c(Br)ccc32)c1OC. The average molecular weight is 486 g/mol. The predicted molar refractivity (Wildman–Crippen MR) is 104 cm³/mol. The molecule has 0 atom stereocenters. The maximum atomic E-state index is 15.3. The highest BCUT2D eigenvalue weighted by molar-refractivity contribution is 9.18. The summed E-state index contributed by atoms with van der Waals surface area (Å²) in [6.45, 7) is -4.05. The molecule has 0 saturated carbocycles. The normalized spacial score (nSPS) is 17.5. The molecular formula is C17H13BBr2F2N2O2. The minimum Gasteiger partial charge on any atom is -0.493 e. The Hall–Kier alpha value is -1.87. The number of hydrogen-bond donors (Lipinski definition) is 0. The molecule has 0 aliphatic carbocycles. The molecule has 0 N–H and O–H groups in total. The van der Waals surface area contributed by atoms with E-state index in [4.69, 9.17) is 9.47 Å². The summed E-state index contributed by atoms with van der Waals surface area (Å²) in [5.41, 5.74) is 2.14. The van der Waals surface area contributed by atoms with Gasteiger partial charge in [-0.2, -0.15) is 0 Å². The van der Waals surface area contributed by atoms with Crippen molar-refractivity contribution in [3.63, 3.8) is 0 Å². The van der Waals surface area contributed by atoms with E-state index in [2.05, 4.69) is 31.9 Å². The molecule has 4 nitrogen and oxygen atoms in total. The summed E-state index contributed by atoms with van der Waals surface area (Å²) in [4.78, 5) is 0. The second-order valence-electron chi connectivity index (χ2n) is 5.83. The number of ether oxygens (including phenoxy) is 2. The van der Waals surface area contributed by atoms with Gasteiger partial charge < -0.3 is 27.1 Å². The van der Waals surface area contributed by atoms with Gasteiger partial charge in [-0.05, 0) is 34.1 Å². The number of allylic oxidation sites excluding steroid dienone is 2. The molecule has 2 aromatic rings. The highest BCUT2D eigenvalue weighted by Gasteiger charge is 2.54. The minimum atomic E-state index is -4.05. The molecule has 1 aromatic heterocycles. The Morgan fingerprint density at radius 3 is 2.50 bits per heavy atom. The summed E-state index contributed by atoms with van der Waals surface area (Å²) < 4.78 is 44.1. The number of benzene rings is 1. The number of fused-ring (bicyclic) bond motifs is 2. The summed E-state index contributed by atoms with van der Waals surface area (Å²) in [6, 6.07) is 8.72. The third-order valence-electron chi connectivity index (χ3n) is 4.54. The quantitative estimate of drug-likeness (QED) is 0.592. The van der Waals surface area contributed by atoms with E-state index in [0.717, 1.165) is 8.96 Å². The highest BCUT2D eigenvalue weighted by atomic mass is 79.9. The summed E-state index contributed by atoms with van der Waals surface area (Å²) in [5, 5.41) is 0. The van der Waals surface area contributed by atoms with Gasteiger partial charge in [0.2, 0.25) is 4.62 Å². The molecule has 0 spiro atoms. The zero-order valence-electron chi connectivity index (χ0n) is 13.8. The minimum absolute atomic E-state index is 0.308. The second kappa shape index (κ2) is 6.09. The fraction of sp³-hybridized carbons (Fsp3) is 0.118. The lowest BCUT2D eigenvalue weighted by Gasteiger charge is -2.32. The molecule has 26 heavy (non-hydrogen) atoms. The third-order valence-corrected chi connectivity index (χ3v) is 5.84. The van der Waals surface area contributed by atoms with Crippen LogP contribution in [0.5, 0.6) is 11.5 Å². The molecule has 0 unspecified atom stereocenters. The van der Waals surface area contributed by atoms with Crippen molar-refractivity contribution in [3.05, 3.63) is 64.0 Å². The molecule has 0 amide bonds. The van der Waals surface area contributed by atoms with E-state index in [0.29, 0.717) is 43.3 Å². The summed E-state index contributed by atoms with van der Waals surface area (Å²) >= 11 is 6.51. The van der Waals surface area contributed by atoms with Crippen LogP contribution in [0.3, 0.4) is 0 Å². The zero-order chi connectivity index (χ0) is 18.6. The van der Waals surface area contributed by atoms with Crippen LogP contribution in [0, 0.1) is 0 Å². The summed E-state index contributed by atoms with van der Waals surface area (Å²) in [7, 11) is 3.08. The fourth-order valence-electron chi connectivity index (χ4n) is 3.49. The van der Waals surface area contributed by atoms with Crippen LogP contribution in [-0.2, 0) is 0 Å². The van der Waals surface area contributed by atoms with Crippen LogP contribution >= 0.6 is 31.9 Å². The lowest BCUT2D eigenvalue weighted by atomic mass is 9.86. The van der Waals surface area contributed by atoms with Crippen LogP contribution in [0.1, 0.15) is 11.3 Å². The number of nitrogens with zero attached hydrogens (tertiary/aromatic N) is 2. The predicted octanol–water partition coefficient (Wildman–Crippen LogP) is 4.64. The van der Waals surface area contributed by atoms with Gasteiger partial charge in [0.25, 0.3) is 0 Å². The van der Waals surface area contributed by atoms with Gasteiger partial charge in [-0.15, -0.1) is 0 Å². The van der Waals surface area contributed by atoms with Crippen LogP contribution in [-0.4, -0.2) is 34.8 Å². The van der Waals surface area contributed by atoms with Crippen molar-refractivity contribution < 1.29 is 22.6 Å². The molecule has 0 fully saturated rings. The van der Waals surface area contributed by atoms with Crippen LogP contribution < -0.4 is 9.47 Å². The molecule has 1 aromatic carbocycles. The van der Waals surface area contributed by atoms with Crippen LogP contribution in [0.25, 0.3) is 5.57 Å². The lowest BCUT2D eigenvalue weighted by Crippen LogP contribution is -2.50. The number of para-hydroxylation sites is 1. The monoisotopic (exact) mass is 484 g/mol. The molecule has 0 radical (unpaired) electrons. The van der Waals surface area contributed by atoms with Gasteiger partial charge in [0, 0.05) is 39.3 Å². The molecule has 134 valence electrons. The Morgan fingerprint density at radius 2 is 1.81 bits per heavy atom. The number of hydrogen-bond acceptors (Lipinski definition) is 2. The number of rotatable bonds is 3. The number of methoxy groups -OCH3 is 2. The molecule has 0 bridgehead atoms. The Balaban J connectivity index is 2.12. The molecular weight excluding hydrogens is 473 g/mol. The second-order valence-corrected chi connectivity index (χ2v) is 7.45. The van der Waals surface area contributed by atoms with E-state index in [-0.39, 0.29) is 0 Å².